The number of para-hydroxylation sites is 1. The van der Waals surface area contributed by atoms with Gasteiger partial charge in [-0.05, 0) is 19.1 Å². The average molecular weight is 241 g/mol. The van der Waals surface area contributed by atoms with Crippen molar-refractivity contribution in [1.29, 1.82) is 0 Å². The third kappa shape index (κ3) is 2.27. The van der Waals surface area contributed by atoms with Crippen LogP contribution >= 0.6 is 22.9 Å². The van der Waals surface area contributed by atoms with Crippen LogP contribution in [0.5, 0.6) is 0 Å². The first-order valence-electron chi connectivity index (χ1n) is 4.47. The van der Waals surface area contributed by atoms with Crippen molar-refractivity contribution >= 4 is 44.2 Å². The minimum absolute atomic E-state index is 0.226. The number of carbonyl (C=O) groups excluding carboxylic acids is 1. The normalized spacial score (nSPS) is 12.7. The Bertz CT molecular complexity index is 462. The number of carbonyl (C=O) groups is 1. The van der Waals surface area contributed by atoms with E-state index in [1.807, 2.05) is 24.3 Å². The van der Waals surface area contributed by atoms with Crippen LogP contribution in [-0.2, 0) is 4.79 Å². The second kappa shape index (κ2) is 4.16. The largest absolute Gasteiger partial charge is 0.301 e. The van der Waals surface area contributed by atoms with Crippen LogP contribution in [0.4, 0.5) is 5.13 Å². The molecule has 0 aliphatic carbocycles. The van der Waals surface area contributed by atoms with Gasteiger partial charge in [0, 0.05) is 0 Å². The molecule has 2 aromatic rings. The number of hydrogen-bond donors (Lipinski definition) is 1. The van der Waals surface area contributed by atoms with Gasteiger partial charge in [0.15, 0.2) is 5.13 Å². The molecule has 0 unspecified atom stereocenters. The number of anilines is 1. The summed E-state index contributed by atoms with van der Waals surface area (Å²) in [4.78, 5) is 15.6. The number of hydrogen-bond acceptors (Lipinski definition) is 3. The summed E-state index contributed by atoms with van der Waals surface area (Å²) >= 11 is 7.08. The Morgan fingerprint density at radius 3 is 2.93 bits per heavy atom. The lowest BCUT2D eigenvalue weighted by Gasteiger charge is -2.01. The molecule has 0 aliphatic heterocycles. The summed E-state index contributed by atoms with van der Waals surface area (Å²) in [7, 11) is 0. The summed E-state index contributed by atoms with van der Waals surface area (Å²) < 4.78 is 1.05. The van der Waals surface area contributed by atoms with Crippen molar-refractivity contribution in [3.05, 3.63) is 24.3 Å². The predicted molar refractivity (Wildman–Crippen MR) is 63.6 cm³/mol. The Balaban J connectivity index is 2.26. The van der Waals surface area contributed by atoms with Gasteiger partial charge in [-0.2, -0.15) is 0 Å². The lowest BCUT2D eigenvalue weighted by atomic mass is 10.3. The van der Waals surface area contributed by atoms with Gasteiger partial charge in [0.1, 0.15) is 5.38 Å². The molecule has 1 atom stereocenters. The van der Waals surface area contributed by atoms with E-state index in [2.05, 4.69) is 10.3 Å². The van der Waals surface area contributed by atoms with Crippen LogP contribution in [0.15, 0.2) is 24.3 Å². The zero-order valence-corrected chi connectivity index (χ0v) is 9.60. The third-order valence-corrected chi connectivity index (χ3v) is 3.04. The Labute approximate surface area is 96.1 Å². The molecule has 0 saturated carbocycles. The van der Waals surface area contributed by atoms with Crippen molar-refractivity contribution in [2.45, 2.75) is 12.3 Å². The minimum Gasteiger partial charge on any atom is -0.301 e. The lowest BCUT2D eigenvalue weighted by Crippen LogP contribution is -2.19. The van der Waals surface area contributed by atoms with Crippen molar-refractivity contribution in [3.63, 3.8) is 0 Å². The van der Waals surface area contributed by atoms with Gasteiger partial charge in [-0.1, -0.05) is 23.5 Å². The van der Waals surface area contributed by atoms with Gasteiger partial charge in [0.05, 0.1) is 10.2 Å². The van der Waals surface area contributed by atoms with Gasteiger partial charge in [-0.3, -0.25) is 4.79 Å². The number of fused-ring (bicyclic) bond motifs is 1. The fourth-order valence-corrected chi connectivity index (χ4v) is 2.05. The first-order chi connectivity index (χ1) is 7.16. The first kappa shape index (κ1) is 10.4. The minimum atomic E-state index is -0.544. The molecule has 5 heteroatoms. The zero-order valence-electron chi connectivity index (χ0n) is 8.03. The molecule has 0 spiro atoms. The summed E-state index contributed by atoms with van der Waals surface area (Å²) in [6, 6.07) is 7.73. The Hall–Kier alpha value is -1.13. The van der Waals surface area contributed by atoms with Gasteiger partial charge in [0.2, 0.25) is 5.91 Å². The van der Waals surface area contributed by atoms with Crippen LogP contribution in [-0.4, -0.2) is 16.3 Å². The molecule has 0 radical (unpaired) electrons. The number of amides is 1. The van der Waals surface area contributed by atoms with Crippen LogP contribution < -0.4 is 5.32 Å². The number of benzene rings is 1. The molecular formula is C10H9ClN2OS. The fraction of sp³-hybridized carbons (Fsp3) is 0.200. The Morgan fingerprint density at radius 1 is 1.53 bits per heavy atom. The second-order valence-electron chi connectivity index (χ2n) is 3.09. The van der Waals surface area contributed by atoms with E-state index >= 15 is 0 Å². The summed E-state index contributed by atoms with van der Waals surface area (Å²) in [6.07, 6.45) is 0. The van der Waals surface area contributed by atoms with Crippen molar-refractivity contribution in [2.75, 3.05) is 5.32 Å². The molecule has 0 bridgehead atoms. The van der Waals surface area contributed by atoms with E-state index < -0.39 is 5.38 Å². The summed E-state index contributed by atoms with van der Waals surface area (Å²) in [5.74, 6) is -0.226. The Kier molecular flexibility index (Phi) is 2.88. The summed E-state index contributed by atoms with van der Waals surface area (Å²) in [5, 5.41) is 2.71. The number of nitrogens with zero attached hydrogens (tertiary/aromatic N) is 1. The molecular weight excluding hydrogens is 232 g/mol. The van der Waals surface area contributed by atoms with E-state index in [4.69, 9.17) is 11.6 Å². The molecule has 1 amide bonds. The molecule has 0 saturated heterocycles. The van der Waals surface area contributed by atoms with Crippen molar-refractivity contribution < 1.29 is 4.79 Å². The highest BCUT2D eigenvalue weighted by molar-refractivity contribution is 7.22. The maximum atomic E-state index is 11.3. The van der Waals surface area contributed by atoms with Gasteiger partial charge < -0.3 is 5.32 Å². The topological polar surface area (TPSA) is 42.0 Å². The van der Waals surface area contributed by atoms with E-state index in [0.717, 1.165) is 10.2 Å². The van der Waals surface area contributed by atoms with E-state index in [0.29, 0.717) is 5.13 Å². The lowest BCUT2D eigenvalue weighted by molar-refractivity contribution is -0.115. The molecule has 0 aliphatic rings. The highest BCUT2D eigenvalue weighted by atomic mass is 35.5. The third-order valence-electron chi connectivity index (χ3n) is 1.89. The predicted octanol–water partition coefficient (Wildman–Crippen LogP) is 2.86. The second-order valence-corrected chi connectivity index (χ2v) is 4.78. The first-order valence-corrected chi connectivity index (χ1v) is 5.72. The average Bonchev–Trinajstić information content (AvgIpc) is 2.59. The maximum Gasteiger partial charge on any atom is 0.243 e. The van der Waals surface area contributed by atoms with Gasteiger partial charge in [-0.15, -0.1) is 11.6 Å². The van der Waals surface area contributed by atoms with Crippen molar-refractivity contribution in [3.8, 4) is 0 Å². The molecule has 1 aromatic carbocycles. The van der Waals surface area contributed by atoms with Gasteiger partial charge >= 0.3 is 0 Å². The quantitative estimate of drug-likeness (QED) is 0.821. The summed E-state index contributed by atoms with van der Waals surface area (Å²) in [5.41, 5.74) is 0.889. The molecule has 15 heavy (non-hydrogen) atoms. The highest BCUT2D eigenvalue weighted by Gasteiger charge is 2.11. The zero-order chi connectivity index (χ0) is 10.8. The van der Waals surface area contributed by atoms with Crippen LogP contribution in [0.1, 0.15) is 6.92 Å². The molecule has 3 nitrogen and oxygen atoms in total. The SMILES string of the molecule is C[C@H](Cl)C(=O)Nc1nc2ccccc2s1. The maximum absolute atomic E-state index is 11.3. The number of alkyl halides is 1. The van der Waals surface area contributed by atoms with Crippen LogP contribution in [0.25, 0.3) is 10.2 Å². The van der Waals surface area contributed by atoms with Gasteiger partial charge in [-0.25, -0.2) is 4.98 Å². The fourth-order valence-electron chi connectivity index (χ4n) is 1.13. The van der Waals surface area contributed by atoms with Crippen LogP contribution in [0, 0.1) is 0 Å². The van der Waals surface area contributed by atoms with E-state index in [9.17, 15) is 4.79 Å². The van der Waals surface area contributed by atoms with Crippen LogP contribution in [0.3, 0.4) is 0 Å². The Morgan fingerprint density at radius 2 is 2.27 bits per heavy atom. The summed E-state index contributed by atoms with van der Waals surface area (Å²) in [6.45, 7) is 1.63. The monoisotopic (exact) mass is 240 g/mol. The molecule has 1 aromatic heterocycles. The van der Waals surface area contributed by atoms with Gasteiger partial charge in [0.25, 0.3) is 0 Å². The number of nitrogens with one attached hydrogen (secondary N) is 1. The number of rotatable bonds is 2. The smallest absolute Gasteiger partial charge is 0.243 e. The van der Waals surface area contributed by atoms with Crippen molar-refractivity contribution in [2.24, 2.45) is 0 Å². The van der Waals surface area contributed by atoms with E-state index in [1.54, 1.807) is 6.92 Å². The standard InChI is InChI=1S/C10H9ClN2OS/c1-6(11)9(14)13-10-12-7-4-2-3-5-8(7)15-10/h2-6H,1H3,(H,12,13,14)/t6-/m0/s1. The van der Waals surface area contributed by atoms with E-state index in [-0.39, 0.29) is 5.91 Å². The molecule has 2 rings (SSSR count). The van der Waals surface area contributed by atoms with Crippen molar-refractivity contribution in [1.82, 2.24) is 4.98 Å². The molecule has 78 valence electrons. The number of halogens is 1. The highest BCUT2D eigenvalue weighted by Crippen LogP contribution is 2.25. The molecule has 0 fully saturated rings. The number of thiazole rings is 1. The molecule has 1 heterocycles. The van der Waals surface area contributed by atoms with Crippen LogP contribution in [0.2, 0.25) is 0 Å². The molecule has 1 N–H and O–H groups in total. The number of aromatic nitrogens is 1. The van der Waals surface area contributed by atoms with E-state index in [1.165, 1.54) is 11.3 Å².